The number of amides is 1. The number of hydrogen-bond acceptors (Lipinski definition) is 4. The van der Waals surface area contributed by atoms with Gasteiger partial charge in [-0.25, -0.2) is 4.79 Å². The maximum Gasteiger partial charge on any atom is 0.407 e. The molecule has 0 aliphatic carbocycles. The molecule has 0 aromatic rings. The van der Waals surface area contributed by atoms with Crippen LogP contribution < -0.4 is 5.32 Å². The molecule has 5 nitrogen and oxygen atoms in total. The van der Waals surface area contributed by atoms with E-state index in [1.807, 2.05) is 13.8 Å². The second kappa shape index (κ2) is 28.1. The standard InChI is InChI=1S/C26H51NO3.C3H8O/c1-4-25(3)30-26(29)27-23-21-19-17-15-13-11-9-7-5-6-8-10-12-14-16-18-20-22-24(2)28;1-3(2)4/h25H,4-23H2,1-3H3,(H,27,29);3-4H,1-2H3. The van der Waals surface area contributed by atoms with Crippen LogP contribution in [0, 0.1) is 0 Å². The third kappa shape index (κ3) is 35.5. The Morgan fingerprint density at radius 3 is 1.32 bits per heavy atom. The molecule has 0 rings (SSSR count). The zero-order valence-electron chi connectivity index (χ0n) is 23.5. The summed E-state index contributed by atoms with van der Waals surface area (Å²) in [5, 5.41) is 10.9. The van der Waals surface area contributed by atoms with Gasteiger partial charge in [-0.15, -0.1) is 0 Å². The van der Waals surface area contributed by atoms with Crippen LogP contribution in [-0.2, 0) is 9.53 Å². The number of unbranched alkanes of at least 4 members (excludes halogenated alkanes) is 16. The maximum atomic E-state index is 11.5. The number of alkyl carbamates (subject to hydrolysis) is 1. The van der Waals surface area contributed by atoms with Gasteiger partial charge < -0.3 is 20.0 Å². The van der Waals surface area contributed by atoms with Crippen molar-refractivity contribution in [2.75, 3.05) is 6.54 Å². The van der Waals surface area contributed by atoms with E-state index in [2.05, 4.69) is 5.32 Å². The molecule has 0 bridgehead atoms. The van der Waals surface area contributed by atoms with E-state index in [0.29, 0.717) is 5.78 Å². The second-order valence-corrected chi connectivity index (χ2v) is 10.1. The van der Waals surface area contributed by atoms with Crippen molar-refractivity contribution >= 4 is 11.9 Å². The molecule has 1 amide bonds. The number of carbonyl (C=O) groups is 2. The highest BCUT2D eigenvalue weighted by molar-refractivity contribution is 5.75. The second-order valence-electron chi connectivity index (χ2n) is 10.1. The Hall–Kier alpha value is -1.10. The summed E-state index contributed by atoms with van der Waals surface area (Å²) >= 11 is 0. The van der Waals surface area contributed by atoms with Crippen molar-refractivity contribution in [2.45, 2.75) is 169 Å². The quantitative estimate of drug-likeness (QED) is 0.151. The molecule has 0 fully saturated rings. The molecule has 34 heavy (non-hydrogen) atoms. The lowest BCUT2D eigenvalue weighted by molar-refractivity contribution is -0.117. The van der Waals surface area contributed by atoms with Crippen molar-refractivity contribution < 1.29 is 19.4 Å². The Balaban J connectivity index is 0. The predicted molar refractivity (Wildman–Crippen MR) is 145 cm³/mol. The van der Waals surface area contributed by atoms with E-state index in [1.165, 1.54) is 96.3 Å². The smallest absolute Gasteiger partial charge is 0.407 e. The molecule has 0 spiro atoms. The number of Topliss-reactive ketones (excluding diaryl/α,β-unsaturated/α-hetero) is 1. The van der Waals surface area contributed by atoms with E-state index in [4.69, 9.17) is 9.84 Å². The molecule has 1 atom stereocenters. The number of nitrogens with one attached hydrogen (secondary N) is 1. The Bertz CT molecular complexity index is 437. The van der Waals surface area contributed by atoms with Gasteiger partial charge in [0.25, 0.3) is 0 Å². The zero-order chi connectivity index (χ0) is 25.9. The van der Waals surface area contributed by atoms with Crippen molar-refractivity contribution in [3.63, 3.8) is 0 Å². The highest BCUT2D eigenvalue weighted by Gasteiger charge is 2.05. The number of carbonyl (C=O) groups excluding carboxylic acids is 2. The minimum Gasteiger partial charge on any atom is -0.447 e. The van der Waals surface area contributed by atoms with E-state index in [-0.39, 0.29) is 18.3 Å². The summed E-state index contributed by atoms with van der Waals surface area (Å²) in [5.41, 5.74) is 0. The summed E-state index contributed by atoms with van der Waals surface area (Å²) in [6.07, 6.45) is 23.5. The molecule has 0 aromatic carbocycles. The van der Waals surface area contributed by atoms with Crippen molar-refractivity contribution in [1.29, 1.82) is 0 Å². The molecule has 0 aliphatic heterocycles. The van der Waals surface area contributed by atoms with E-state index in [1.54, 1.807) is 20.8 Å². The molecular weight excluding hydrogens is 426 g/mol. The van der Waals surface area contributed by atoms with Crippen molar-refractivity contribution in [3.8, 4) is 0 Å². The van der Waals surface area contributed by atoms with Gasteiger partial charge >= 0.3 is 6.09 Å². The van der Waals surface area contributed by atoms with Gasteiger partial charge in [0.1, 0.15) is 11.9 Å². The molecule has 0 radical (unpaired) electrons. The molecule has 204 valence electrons. The van der Waals surface area contributed by atoms with Crippen LogP contribution in [-0.4, -0.2) is 35.7 Å². The Morgan fingerprint density at radius 2 is 1.00 bits per heavy atom. The first kappa shape index (κ1) is 35.1. The molecule has 0 saturated carbocycles. The summed E-state index contributed by atoms with van der Waals surface area (Å²) < 4.78 is 5.18. The van der Waals surface area contributed by atoms with Gasteiger partial charge in [0.05, 0.1) is 0 Å². The van der Waals surface area contributed by atoms with Gasteiger partial charge in [0.2, 0.25) is 0 Å². The van der Waals surface area contributed by atoms with Crippen LogP contribution in [0.2, 0.25) is 0 Å². The van der Waals surface area contributed by atoms with Crippen molar-refractivity contribution in [2.24, 2.45) is 0 Å². The first-order valence-corrected chi connectivity index (χ1v) is 14.4. The van der Waals surface area contributed by atoms with Crippen LogP contribution in [0.15, 0.2) is 0 Å². The van der Waals surface area contributed by atoms with Crippen molar-refractivity contribution in [1.82, 2.24) is 5.32 Å². The van der Waals surface area contributed by atoms with Gasteiger partial charge in [-0.05, 0) is 47.0 Å². The molecule has 0 aliphatic rings. The highest BCUT2D eigenvalue weighted by Crippen LogP contribution is 2.14. The van der Waals surface area contributed by atoms with Gasteiger partial charge in [0.15, 0.2) is 0 Å². The third-order valence-electron chi connectivity index (χ3n) is 5.86. The summed E-state index contributed by atoms with van der Waals surface area (Å²) in [5.74, 6) is 0.334. The van der Waals surface area contributed by atoms with E-state index in [9.17, 15) is 9.59 Å². The van der Waals surface area contributed by atoms with Crippen LogP contribution in [0.1, 0.15) is 157 Å². The average molecular weight is 486 g/mol. The molecule has 0 aromatic heterocycles. The lowest BCUT2D eigenvalue weighted by Crippen LogP contribution is -2.28. The highest BCUT2D eigenvalue weighted by atomic mass is 16.6. The molecule has 0 heterocycles. The first-order chi connectivity index (χ1) is 16.3. The van der Waals surface area contributed by atoms with E-state index < -0.39 is 0 Å². The SMILES string of the molecule is CC(C)O.CCC(C)OC(=O)NCCCCCCCCCCCCCCCCCCCC(C)=O. The Labute approximate surface area is 212 Å². The first-order valence-electron chi connectivity index (χ1n) is 14.4. The van der Waals surface area contributed by atoms with E-state index >= 15 is 0 Å². The fourth-order valence-corrected chi connectivity index (χ4v) is 3.65. The topological polar surface area (TPSA) is 75.6 Å². The molecule has 2 N–H and O–H groups in total. The van der Waals surface area contributed by atoms with Gasteiger partial charge in [-0.1, -0.05) is 103 Å². The number of ketones is 1. The van der Waals surface area contributed by atoms with Gasteiger partial charge in [0, 0.05) is 19.1 Å². The monoisotopic (exact) mass is 485 g/mol. The number of hydrogen-bond donors (Lipinski definition) is 2. The van der Waals surface area contributed by atoms with Crippen LogP contribution in [0.4, 0.5) is 4.79 Å². The Kier molecular flexibility index (Phi) is 29.0. The number of aliphatic hydroxyl groups is 1. The number of rotatable bonds is 22. The molecular formula is C29H59NO4. The summed E-state index contributed by atoms with van der Waals surface area (Å²) in [4.78, 5) is 22.3. The van der Waals surface area contributed by atoms with Crippen LogP contribution in [0.5, 0.6) is 0 Å². The normalized spacial score (nSPS) is 11.6. The number of ether oxygens (including phenoxy) is 1. The van der Waals surface area contributed by atoms with Crippen molar-refractivity contribution in [3.05, 3.63) is 0 Å². The number of aliphatic hydroxyl groups excluding tert-OH is 1. The zero-order valence-corrected chi connectivity index (χ0v) is 23.5. The lowest BCUT2D eigenvalue weighted by Gasteiger charge is -2.11. The fourth-order valence-electron chi connectivity index (χ4n) is 3.65. The minimum absolute atomic E-state index is 0.00463. The summed E-state index contributed by atoms with van der Waals surface area (Å²) in [6.45, 7) is 9.80. The predicted octanol–water partition coefficient (Wildman–Crippen LogP) is 8.51. The maximum absolute atomic E-state index is 11.5. The van der Waals surface area contributed by atoms with Gasteiger partial charge in [-0.2, -0.15) is 0 Å². The third-order valence-corrected chi connectivity index (χ3v) is 5.86. The molecule has 0 saturated heterocycles. The van der Waals surface area contributed by atoms with E-state index in [0.717, 1.165) is 32.2 Å². The van der Waals surface area contributed by atoms with Crippen LogP contribution >= 0.6 is 0 Å². The van der Waals surface area contributed by atoms with Gasteiger partial charge in [-0.3, -0.25) is 0 Å². The van der Waals surface area contributed by atoms with Crippen LogP contribution in [0.3, 0.4) is 0 Å². The largest absolute Gasteiger partial charge is 0.447 e. The summed E-state index contributed by atoms with van der Waals surface area (Å²) in [7, 11) is 0. The van der Waals surface area contributed by atoms with Crippen LogP contribution in [0.25, 0.3) is 0 Å². The minimum atomic E-state index is -0.273. The average Bonchev–Trinajstić information content (AvgIpc) is 2.77. The Morgan fingerprint density at radius 1 is 0.676 bits per heavy atom. The fraction of sp³-hybridized carbons (Fsp3) is 0.931. The summed E-state index contributed by atoms with van der Waals surface area (Å²) in [6, 6.07) is 0. The molecule has 1 unspecified atom stereocenters. The molecule has 5 heteroatoms. The lowest BCUT2D eigenvalue weighted by atomic mass is 10.0.